The lowest BCUT2D eigenvalue weighted by Gasteiger charge is -2.09. The molecule has 0 unspecified atom stereocenters. The van der Waals surface area contributed by atoms with Crippen LogP contribution in [-0.2, 0) is 20.8 Å². The van der Waals surface area contributed by atoms with Gasteiger partial charge in [0.05, 0.1) is 32.1 Å². The molecule has 6 heteroatoms. The number of pyridine rings is 1. The number of hydrogen-bond acceptors (Lipinski definition) is 6. The molecule has 120 valence electrons. The van der Waals surface area contributed by atoms with Gasteiger partial charge in [0.15, 0.2) is 0 Å². The Morgan fingerprint density at radius 3 is 2.62 bits per heavy atom. The fourth-order valence-electron chi connectivity index (χ4n) is 1.71. The van der Waals surface area contributed by atoms with E-state index in [0.29, 0.717) is 26.4 Å². The van der Waals surface area contributed by atoms with Crippen molar-refractivity contribution in [3.63, 3.8) is 0 Å². The standard InChI is InChI=1S/C15H25NO4S/c1-13-14(12-17)16-5-4-15(13)21-11-10-20-9-8-19-7-3-6-18-2/h4-5,17H,3,6-12H2,1-2H3. The Bertz CT molecular complexity index is 390. The van der Waals surface area contributed by atoms with E-state index in [1.807, 2.05) is 13.0 Å². The Labute approximate surface area is 131 Å². The van der Waals surface area contributed by atoms with Gasteiger partial charge in [-0.2, -0.15) is 0 Å². The van der Waals surface area contributed by atoms with E-state index in [1.54, 1.807) is 25.1 Å². The number of hydrogen-bond donors (Lipinski definition) is 1. The molecule has 1 rings (SSSR count). The molecule has 0 saturated carbocycles. The molecule has 1 heterocycles. The summed E-state index contributed by atoms with van der Waals surface area (Å²) in [5.41, 5.74) is 1.79. The summed E-state index contributed by atoms with van der Waals surface area (Å²) in [6.45, 7) is 5.34. The Hall–Kier alpha value is -0.660. The first kappa shape index (κ1) is 18.4. The first-order chi connectivity index (χ1) is 10.3. The van der Waals surface area contributed by atoms with Crippen molar-refractivity contribution < 1.29 is 19.3 Å². The summed E-state index contributed by atoms with van der Waals surface area (Å²) >= 11 is 1.72. The number of aromatic nitrogens is 1. The van der Waals surface area contributed by atoms with Crippen molar-refractivity contribution in [1.82, 2.24) is 4.98 Å². The first-order valence-corrected chi connectivity index (χ1v) is 8.10. The van der Waals surface area contributed by atoms with E-state index in [2.05, 4.69) is 4.98 Å². The largest absolute Gasteiger partial charge is 0.390 e. The van der Waals surface area contributed by atoms with E-state index in [1.165, 1.54) is 0 Å². The number of nitrogens with zero attached hydrogens (tertiary/aromatic N) is 1. The van der Waals surface area contributed by atoms with Gasteiger partial charge in [0, 0.05) is 37.2 Å². The van der Waals surface area contributed by atoms with Crippen LogP contribution < -0.4 is 0 Å². The predicted molar refractivity (Wildman–Crippen MR) is 83.8 cm³/mol. The maximum atomic E-state index is 9.17. The minimum atomic E-state index is -0.0167. The van der Waals surface area contributed by atoms with E-state index in [0.717, 1.165) is 34.9 Å². The zero-order valence-corrected chi connectivity index (χ0v) is 13.7. The molecule has 0 bridgehead atoms. The number of methoxy groups -OCH3 is 1. The molecule has 1 aromatic rings. The zero-order valence-electron chi connectivity index (χ0n) is 12.8. The second kappa shape index (κ2) is 11.9. The summed E-state index contributed by atoms with van der Waals surface area (Å²) in [5, 5.41) is 9.17. The van der Waals surface area contributed by atoms with Gasteiger partial charge in [-0.25, -0.2) is 0 Å². The van der Waals surface area contributed by atoms with Crippen molar-refractivity contribution >= 4 is 11.8 Å². The number of thioether (sulfide) groups is 1. The number of rotatable bonds is 12. The van der Waals surface area contributed by atoms with Crippen molar-refractivity contribution in [3.8, 4) is 0 Å². The van der Waals surface area contributed by atoms with E-state index in [9.17, 15) is 5.11 Å². The zero-order chi connectivity index (χ0) is 15.3. The average Bonchev–Trinajstić information content (AvgIpc) is 2.50. The van der Waals surface area contributed by atoms with Crippen molar-refractivity contribution in [2.75, 3.05) is 45.9 Å². The topological polar surface area (TPSA) is 60.8 Å². The van der Waals surface area contributed by atoms with Gasteiger partial charge in [-0.05, 0) is 25.0 Å². The van der Waals surface area contributed by atoms with Gasteiger partial charge in [-0.15, -0.1) is 11.8 Å². The molecule has 1 N–H and O–H groups in total. The van der Waals surface area contributed by atoms with Crippen LogP contribution in [0.1, 0.15) is 17.7 Å². The molecular formula is C15H25NO4S. The molecule has 0 saturated heterocycles. The number of aliphatic hydroxyl groups excluding tert-OH is 1. The van der Waals surface area contributed by atoms with Crippen molar-refractivity contribution in [2.45, 2.75) is 24.8 Å². The highest BCUT2D eigenvalue weighted by Gasteiger charge is 2.04. The Morgan fingerprint density at radius 2 is 1.90 bits per heavy atom. The molecule has 0 aliphatic carbocycles. The molecule has 0 radical (unpaired) electrons. The quantitative estimate of drug-likeness (QED) is 0.470. The van der Waals surface area contributed by atoms with E-state index < -0.39 is 0 Å². The average molecular weight is 315 g/mol. The molecule has 0 aromatic carbocycles. The van der Waals surface area contributed by atoms with Gasteiger partial charge >= 0.3 is 0 Å². The third-order valence-electron chi connectivity index (χ3n) is 2.90. The van der Waals surface area contributed by atoms with E-state index in [-0.39, 0.29) is 6.61 Å². The van der Waals surface area contributed by atoms with Gasteiger partial charge in [-0.3, -0.25) is 4.98 Å². The summed E-state index contributed by atoms with van der Waals surface area (Å²) in [6, 6.07) is 1.97. The minimum Gasteiger partial charge on any atom is -0.390 e. The van der Waals surface area contributed by atoms with Crippen LogP contribution >= 0.6 is 11.8 Å². The summed E-state index contributed by atoms with van der Waals surface area (Å²) in [5.74, 6) is 0.874. The number of aliphatic hydroxyl groups is 1. The van der Waals surface area contributed by atoms with Gasteiger partial charge in [0.1, 0.15) is 0 Å². The minimum absolute atomic E-state index is 0.0167. The molecule has 0 atom stereocenters. The van der Waals surface area contributed by atoms with Crippen LogP contribution in [0.3, 0.4) is 0 Å². The lowest BCUT2D eigenvalue weighted by Crippen LogP contribution is -2.08. The fourth-order valence-corrected chi connectivity index (χ4v) is 2.63. The van der Waals surface area contributed by atoms with Crippen LogP contribution in [-0.4, -0.2) is 56.0 Å². The van der Waals surface area contributed by atoms with Crippen LogP contribution in [0.5, 0.6) is 0 Å². The Balaban J connectivity index is 2.04. The van der Waals surface area contributed by atoms with Gasteiger partial charge in [0.2, 0.25) is 0 Å². The van der Waals surface area contributed by atoms with Gasteiger partial charge < -0.3 is 19.3 Å². The first-order valence-electron chi connectivity index (χ1n) is 7.12. The van der Waals surface area contributed by atoms with Gasteiger partial charge in [0.25, 0.3) is 0 Å². The van der Waals surface area contributed by atoms with E-state index >= 15 is 0 Å². The van der Waals surface area contributed by atoms with Gasteiger partial charge in [-0.1, -0.05) is 0 Å². The third-order valence-corrected chi connectivity index (χ3v) is 4.03. The Kier molecular flexibility index (Phi) is 10.5. The molecule has 1 aromatic heterocycles. The highest BCUT2D eigenvalue weighted by Crippen LogP contribution is 2.23. The maximum Gasteiger partial charge on any atom is 0.0856 e. The Morgan fingerprint density at radius 1 is 1.14 bits per heavy atom. The van der Waals surface area contributed by atoms with Crippen LogP contribution in [0.4, 0.5) is 0 Å². The normalized spacial score (nSPS) is 11.0. The van der Waals surface area contributed by atoms with Crippen LogP contribution in [0.15, 0.2) is 17.2 Å². The molecule has 0 fully saturated rings. The van der Waals surface area contributed by atoms with Crippen LogP contribution in [0.25, 0.3) is 0 Å². The second-order valence-corrected chi connectivity index (χ2v) is 5.60. The second-order valence-electron chi connectivity index (χ2n) is 4.46. The molecule has 0 spiro atoms. The fraction of sp³-hybridized carbons (Fsp3) is 0.667. The molecule has 0 amide bonds. The molecule has 21 heavy (non-hydrogen) atoms. The maximum absolute atomic E-state index is 9.17. The monoisotopic (exact) mass is 315 g/mol. The smallest absolute Gasteiger partial charge is 0.0856 e. The van der Waals surface area contributed by atoms with Crippen LogP contribution in [0, 0.1) is 6.92 Å². The third kappa shape index (κ3) is 7.78. The lowest BCUT2D eigenvalue weighted by atomic mass is 10.2. The SMILES string of the molecule is COCCCOCCOCCSc1ccnc(CO)c1C. The highest BCUT2D eigenvalue weighted by atomic mass is 32.2. The van der Waals surface area contributed by atoms with E-state index in [4.69, 9.17) is 14.2 Å². The summed E-state index contributed by atoms with van der Waals surface area (Å²) in [7, 11) is 1.69. The summed E-state index contributed by atoms with van der Waals surface area (Å²) < 4.78 is 15.9. The lowest BCUT2D eigenvalue weighted by molar-refractivity contribution is 0.0450. The predicted octanol–water partition coefficient (Wildman–Crippen LogP) is 2.04. The summed E-state index contributed by atoms with van der Waals surface area (Å²) in [4.78, 5) is 5.28. The molecule has 0 aliphatic rings. The molecular weight excluding hydrogens is 290 g/mol. The van der Waals surface area contributed by atoms with Crippen LogP contribution in [0.2, 0.25) is 0 Å². The van der Waals surface area contributed by atoms with Crippen molar-refractivity contribution in [1.29, 1.82) is 0 Å². The van der Waals surface area contributed by atoms with Crippen molar-refractivity contribution in [2.24, 2.45) is 0 Å². The highest BCUT2D eigenvalue weighted by molar-refractivity contribution is 7.99. The molecule has 5 nitrogen and oxygen atoms in total. The molecule has 0 aliphatic heterocycles. The number of ether oxygens (including phenoxy) is 3. The summed E-state index contributed by atoms with van der Waals surface area (Å²) in [6.07, 6.45) is 2.65. The van der Waals surface area contributed by atoms with Crippen molar-refractivity contribution in [3.05, 3.63) is 23.5 Å².